The molecule has 1 aromatic heterocycles. The number of aryl methyl sites for hydroxylation is 1. The van der Waals surface area contributed by atoms with Crippen LogP contribution in [0.5, 0.6) is 0 Å². The van der Waals surface area contributed by atoms with Crippen LogP contribution >= 0.6 is 0 Å². The molecule has 5 nitrogen and oxygen atoms in total. The second-order valence-corrected chi connectivity index (χ2v) is 4.97. The molecular weight excluding hydrogens is 273 g/mol. The van der Waals surface area contributed by atoms with Crippen molar-refractivity contribution < 1.29 is 13.6 Å². The number of hydrogen-bond donors (Lipinski definition) is 2. The van der Waals surface area contributed by atoms with Gasteiger partial charge in [0.25, 0.3) is 0 Å². The summed E-state index contributed by atoms with van der Waals surface area (Å²) in [5, 5.41) is 0. The Morgan fingerprint density at radius 1 is 1.38 bits per heavy atom. The summed E-state index contributed by atoms with van der Waals surface area (Å²) < 4.78 is 18.5. The van der Waals surface area contributed by atoms with Crippen molar-refractivity contribution in [3.63, 3.8) is 0 Å². The number of hydrazine groups is 1. The second kappa shape index (κ2) is 6.51. The minimum atomic E-state index is -0.461. The molecule has 0 saturated carbocycles. The molecule has 1 aromatic carbocycles. The van der Waals surface area contributed by atoms with Gasteiger partial charge in [0.2, 0.25) is 0 Å². The Labute approximate surface area is 122 Å². The van der Waals surface area contributed by atoms with Crippen molar-refractivity contribution in [1.82, 2.24) is 10.3 Å². The van der Waals surface area contributed by atoms with Crippen LogP contribution < -0.4 is 11.3 Å². The largest absolute Gasteiger partial charge is 0.456 e. The van der Waals surface area contributed by atoms with Gasteiger partial charge in [-0.15, -0.1) is 0 Å². The Bertz CT molecular complexity index is 640. The molecule has 0 fully saturated rings. The maximum atomic E-state index is 13.1. The number of hydrogen-bond acceptors (Lipinski definition) is 4. The number of nitrogens with zero attached hydrogens (tertiary/aromatic N) is 1. The number of carbonyl (C=O) groups is 1. The van der Waals surface area contributed by atoms with Crippen LogP contribution in [0.4, 0.5) is 4.39 Å². The summed E-state index contributed by atoms with van der Waals surface area (Å²) in [7, 11) is 1.92. The van der Waals surface area contributed by atoms with E-state index in [-0.39, 0.29) is 11.6 Å². The summed E-state index contributed by atoms with van der Waals surface area (Å²) in [6.45, 7) is 2.98. The molecule has 0 aliphatic rings. The highest BCUT2D eigenvalue weighted by molar-refractivity contribution is 5.91. The van der Waals surface area contributed by atoms with Gasteiger partial charge in [0.1, 0.15) is 11.6 Å². The van der Waals surface area contributed by atoms with Crippen LogP contribution in [0, 0.1) is 12.7 Å². The third-order valence-electron chi connectivity index (χ3n) is 3.16. The summed E-state index contributed by atoms with van der Waals surface area (Å²) in [6.07, 6.45) is 0. The number of halogens is 1. The van der Waals surface area contributed by atoms with Crippen LogP contribution in [0.25, 0.3) is 0 Å². The Morgan fingerprint density at radius 3 is 2.81 bits per heavy atom. The van der Waals surface area contributed by atoms with E-state index >= 15 is 0 Å². The fourth-order valence-electron chi connectivity index (χ4n) is 2.15. The number of nitrogens with one attached hydrogen (secondary N) is 1. The lowest BCUT2D eigenvalue weighted by Crippen LogP contribution is -2.29. The first-order valence-corrected chi connectivity index (χ1v) is 6.53. The van der Waals surface area contributed by atoms with Crippen LogP contribution in [0.15, 0.2) is 34.7 Å². The van der Waals surface area contributed by atoms with E-state index in [1.54, 1.807) is 19.1 Å². The van der Waals surface area contributed by atoms with Gasteiger partial charge in [-0.2, -0.15) is 0 Å². The molecule has 1 amide bonds. The summed E-state index contributed by atoms with van der Waals surface area (Å²) >= 11 is 0. The van der Waals surface area contributed by atoms with Crippen molar-refractivity contribution in [3.05, 3.63) is 58.8 Å². The third kappa shape index (κ3) is 3.90. The minimum absolute atomic E-state index is 0.184. The molecular formula is C15H18FN3O2. The van der Waals surface area contributed by atoms with Gasteiger partial charge in [-0.25, -0.2) is 10.2 Å². The van der Waals surface area contributed by atoms with E-state index in [9.17, 15) is 9.18 Å². The number of furan rings is 1. The van der Waals surface area contributed by atoms with Crippen molar-refractivity contribution in [2.45, 2.75) is 20.0 Å². The van der Waals surface area contributed by atoms with Gasteiger partial charge < -0.3 is 4.42 Å². The lowest BCUT2D eigenvalue weighted by Gasteiger charge is -2.16. The zero-order chi connectivity index (χ0) is 15.4. The maximum absolute atomic E-state index is 13.1. The quantitative estimate of drug-likeness (QED) is 0.502. The van der Waals surface area contributed by atoms with Crippen LogP contribution in [0.2, 0.25) is 0 Å². The highest BCUT2D eigenvalue weighted by atomic mass is 19.1. The second-order valence-electron chi connectivity index (χ2n) is 4.97. The normalized spacial score (nSPS) is 10.9. The standard InChI is InChI=1S/C15H18FN3O2/c1-10-12(7-14(21-10)15(20)18-17)9-19(2)8-11-4-3-5-13(16)6-11/h3-7H,8-9,17H2,1-2H3,(H,18,20). The van der Waals surface area contributed by atoms with E-state index in [0.717, 1.165) is 11.1 Å². The predicted octanol–water partition coefficient (Wildman–Crippen LogP) is 1.96. The fraction of sp³-hybridized carbons (Fsp3) is 0.267. The monoisotopic (exact) mass is 291 g/mol. The van der Waals surface area contributed by atoms with Crippen LogP contribution in [0.1, 0.15) is 27.4 Å². The fourth-order valence-corrected chi connectivity index (χ4v) is 2.15. The zero-order valence-electron chi connectivity index (χ0n) is 12.0. The highest BCUT2D eigenvalue weighted by Gasteiger charge is 2.14. The first kappa shape index (κ1) is 15.2. The van der Waals surface area contributed by atoms with E-state index in [0.29, 0.717) is 18.8 Å². The smallest absolute Gasteiger partial charge is 0.300 e. The average Bonchev–Trinajstić information content (AvgIpc) is 2.79. The van der Waals surface area contributed by atoms with Gasteiger partial charge in [0, 0.05) is 18.7 Å². The van der Waals surface area contributed by atoms with Gasteiger partial charge in [0.05, 0.1) is 0 Å². The third-order valence-corrected chi connectivity index (χ3v) is 3.16. The summed E-state index contributed by atoms with van der Waals surface area (Å²) in [5.74, 6) is 5.22. The van der Waals surface area contributed by atoms with Crippen molar-refractivity contribution >= 4 is 5.91 Å². The molecule has 2 rings (SSSR count). The molecule has 2 aromatic rings. The number of nitrogen functional groups attached to an aromatic ring is 1. The molecule has 0 spiro atoms. The van der Waals surface area contributed by atoms with Crippen LogP contribution in [0.3, 0.4) is 0 Å². The summed E-state index contributed by atoms with van der Waals surface area (Å²) in [6, 6.07) is 8.15. The van der Waals surface area contributed by atoms with Crippen LogP contribution in [-0.2, 0) is 13.1 Å². The first-order valence-electron chi connectivity index (χ1n) is 6.53. The van der Waals surface area contributed by atoms with Gasteiger partial charge >= 0.3 is 5.91 Å². The lowest BCUT2D eigenvalue weighted by atomic mass is 10.2. The zero-order valence-corrected chi connectivity index (χ0v) is 12.0. The average molecular weight is 291 g/mol. The number of amides is 1. The Balaban J connectivity index is 2.04. The Morgan fingerprint density at radius 2 is 2.14 bits per heavy atom. The number of carbonyl (C=O) groups excluding carboxylic acids is 1. The minimum Gasteiger partial charge on any atom is -0.456 e. The van der Waals surface area contributed by atoms with Crippen LogP contribution in [-0.4, -0.2) is 17.9 Å². The SMILES string of the molecule is Cc1oc(C(=O)NN)cc1CN(C)Cc1cccc(F)c1. The topological polar surface area (TPSA) is 71.5 Å². The van der Waals surface area contributed by atoms with Gasteiger partial charge in [-0.3, -0.25) is 15.1 Å². The summed E-state index contributed by atoms with van der Waals surface area (Å²) in [5.41, 5.74) is 3.82. The van der Waals surface area contributed by atoms with Crippen molar-refractivity contribution in [2.24, 2.45) is 5.84 Å². The summed E-state index contributed by atoms with van der Waals surface area (Å²) in [4.78, 5) is 13.4. The maximum Gasteiger partial charge on any atom is 0.300 e. The lowest BCUT2D eigenvalue weighted by molar-refractivity contribution is 0.0924. The molecule has 0 radical (unpaired) electrons. The molecule has 3 N–H and O–H groups in total. The Hall–Kier alpha value is -2.18. The molecule has 1 heterocycles. The van der Waals surface area contributed by atoms with Crippen molar-refractivity contribution in [2.75, 3.05) is 7.05 Å². The molecule has 6 heteroatoms. The molecule has 0 atom stereocenters. The predicted molar refractivity (Wildman–Crippen MR) is 76.7 cm³/mol. The molecule has 21 heavy (non-hydrogen) atoms. The number of benzene rings is 1. The van der Waals surface area contributed by atoms with Gasteiger partial charge in [0.15, 0.2) is 5.76 Å². The van der Waals surface area contributed by atoms with Crippen molar-refractivity contribution in [1.29, 1.82) is 0 Å². The van der Waals surface area contributed by atoms with E-state index in [2.05, 4.69) is 0 Å². The molecule has 0 saturated heterocycles. The first-order chi connectivity index (χ1) is 9.99. The number of nitrogens with two attached hydrogens (primary N) is 1. The Kier molecular flexibility index (Phi) is 4.72. The van der Waals surface area contributed by atoms with Gasteiger partial charge in [-0.05, 0) is 37.7 Å². The molecule has 0 unspecified atom stereocenters. The molecule has 0 aliphatic heterocycles. The number of rotatable bonds is 5. The molecule has 0 aliphatic carbocycles. The highest BCUT2D eigenvalue weighted by Crippen LogP contribution is 2.17. The van der Waals surface area contributed by atoms with E-state index < -0.39 is 5.91 Å². The van der Waals surface area contributed by atoms with Crippen molar-refractivity contribution in [3.8, 4) is 0 Å². The van der Waals surface area contributed by atoms with Gasteiger partial charge in [-0.1, -0.05) is 12.1 Å². The van der Waals surface area contributed by atoms with E-state index in [1.807, 2.05) is 23.4 Å². The van der Waals surface area contributed by atoms with E-state index in [4.69, 9.17) is 10.3 Å². The van der Waals surface area contributed by atoms with E-state index in [1.165, 1.54) is 12.1 Å². The molecule has 112 valence electrons. The molecule has 0 bridgehead atoms.